The molecular weight excluding hydrogens is 304 g/mol. The van der Waals surface area contributed by atoms with E-state index in [1.54, 1.807) is 0 Å². The third-order valence-electron chi connectivity index (χ3n) is 4.91. The van der Waals surface area contributed by atoms with Crippen molar-refractivity contribution in [1.29, 1.82) is 0 Å². The fraction of sp³-hybridized carbons (Fsp3) is 0.471. The average Bonchev–Trinajstić information content (AvgIpc) is 3.21. The normalized spacial score (nSPS) is 21.2. The van der Waals surface area contributed by atoms with Crippen LogP contribution < -0.4 is 15.1 Å². The van der Waals surface area contributed by atoms with E-state index >= 15 is 0 Å². The SMILES string of the molecule is Cn1c([C@@H]2CNC(=O)C2)nnc1N1CCN(c2ccccc2)CC1. The van der Waals surface area contributed by atoms with Gasteiger partial charge in [-0.05, 0) is 12.1 Å². The largest absolute Gasteiger partial charge is 0.368 e. The van der Waals surface area contributed by atoms with Crippen LogP contribution in [0.25, 0.3) is 0 Å². The van der Waals surface area contributed by atoms with Gasteiger partial charge in [-0.1, -0.05) is 18.2 Å². The highest BCUT2D eigenvalue weighted by Crippen LogP contribution is 2.25. The lowest BCUT2D eigenvalue weighted by molar-refractivity contribution is -0.119. The molecule has 0 bridgehead atoms. The molecule has 1 aromatic carbocycles. The Bertz CT molecular complexity index is 720. The van der Waals surface area contributed by atoms with Crippen LogP contribution in [0.4, 0.5) is 11.6 Å². The summed E-state index contributed by atoms with van der Waals surface area (Å²) in [5.41, 5.74) is 1.27. The Morgan fingerprint density at radius 3 is 2.42 bits per heavy atom. The van der Waals surface area contributed by atoms with Crippen molar-refractivity contribution in [3.63, 3.8) is 0 Å². The number of carbonyl (C=O) groups excluding carboxylic acids is 1. The smallest absolute Gasteiger partial charge is 0.227 e. The minimum atomic E-state index is 0.0982. The molecule has 2 fully saturated rings. The van der Waals surface area contributed by atoms with E-state index in [-0.39, 0.29) is 11.8 Å². The Balaban J connectivity index is 1.44. The standard InChI is InChI=1S/C17H22N6O/c1-21-16(13-11-15(24)18-12-13)19-20-17(21)23-9-7-22(8-10-23)14-5-3-2-4-6-14/h2-6,13H,7-12H2,1H3,(H,18,24)/t13-/m0/s1. The monoisotopic (exact) mass is 326 g/mol. The number of piperazine rings is 1. The minimum absolute atomic E-state index is 0.0982. The number of amides is 1. The Labute approximate surface area is 141 Å². The number of hydrogen-bond acceptors (Lipinski definition) is 5. The predicted octanol–water partition coefficient (Wildman–Crippen LogP) is 0.745. The Kier molecular flexibility index (Phi) is 3.84. The van der Waals surface area contributed by atoms with Crippen LogP contribution in [0.1, 0.15) is 18.2 Å². The molecule has 1 N–H and O–H groups in total. The second-order valence-electron chi connectivity index (χ2n) is 6.43. The van der Waals surface area contributed by atoms with E-state index in [0.717, 1.165) is 38.0 Å². The minimum Gasteiger partial charge on any atom is -0.368 e. The third-order valence-corrected chi connectivity index (χ3v) is 4.91. The molecule has 7 nitrogen and oxygen atoms in total. The van der Waals surface area contributed by atoms with Gasteiger partial charge in [-0.15, -0.1) is 10.2 Å². The zero-order valence-electron chi connectivity index (χ0n) is 13.9. The van der Waals surface area contributed by atoms with Gasteiger partial charge in [0.2, 0.25) is 11.9 Å². The van der Waals surface area contributed by atoms with Crippen molar-refractivity contribution in [3.8, 4) is 0 Å². The van der Waals surface area contributed by atoms with E-state index in [4.69, 9.17) is 0 Å². The lowest BCUT2D eigenvalue weighted by Crippen LogP contribution is -2.47. The van der Waals surface area contributed by atoms with Crippen LogP contribution in [0, 0.1) is 0 Å². The van der Waals surface area contributed by atoms with Gasteiger partial charge in [0, 0.05) is 57.8 Å². The molecule has 0 saturated carbocycles. The summed E-state index contributed by atoms with van der Waals surface area (Å²) in [6, 6.07) is 10.5. The summed E-state index contributed by atoms with van der Waals surface area (Å²) in [6.45, 7) is 4.43. The Hall–Kier alpha value is -2.57. The highest BCUT2D eigenvalue weighted by atomic mass is 16.1. The Morgan fingerprint density at radius 2 is 1.75 bits per heavy atom. The van der Waals surface area contributed by atoms with E-state index in [2.05, 4.69) is 49.6 Å². The molecule has 4 rings (SSSR count). The summed E-state index contributed by atoms with van der Waals surface area (Å²) in [5.74, 6) is 2.03. The lowest BCUT2D eigenvalue weighted by Gasteiger charge is -2.36. The molecule has 2 saturated heterocycles. The van der Waals surface area contributed by atoms with E-state index in [0.29, 0.717) is 13.0 Å². The van der Waals surface area contributed by atoms with Crippen molar-refractivity contribution in [2.24, 2.45) is 7.05 Å². The van der Waals surface area contributed by atoms with Gasteiger partial charge in [-0.3, -0.25) is 4.79 Å². The van der Waals surface area contributed by atoms with Gasteiger partial charge in [-0.2, -0.15) is 0 Å². The fourth-order valence-electron chi connectivity index (χ4n) is 3.55. The highest BCUT2D eigenvalue weighted by molar-refractivity contribution is 5.79. The average molecular weight is 326 g/mol. The summed E-state index contributed by atoms with van der Waals surface area (Å²) in [7, 11) is 2.00. The number of aromatic nitrogens is 3. The summed E-state index contributed by atoms with van der Waals surface area (Å²) >= 11 is 0. The van der Waals surface area contributed by atoms with E-state index in [9.17, 15) is 4.79 Å². The maximum atomic E-state index is 11.4. The maximum absolute atomic E-state index is 11.4. The molecule has 7 heteroatoms. The number of benzene rings is 1. The van der Waals surface area contributed by atoms with Crippen molar-refractivity contribution in [3.05, 3.63) is 36.2 Å². The van der Waals surface area contributed by atoms with Gasteiger partial charge in [0.1, 0.15) is 5.82 Å². The molecule has 126 valence electrons. The van der Waals surface area contributed by atoms with E-state index < -0.39 is 0 Å². The molecule has 0 unspecified atom stereocenters. The van der Waals surface area contributed by atoms with Gasteiger partial charge < -0.3 is 19.7 Å². The van der Waals surface area contributed by atoms with Crippen LogP contribution in [0.2, 0.25) is 0 Å². The quantitative estimate of drug-likeness (QED) is 0.901. The van der Waals surface area contributed by atoms with Crippen LogP contribution >= 0.6 is 0 Å². The van der Waals surface area contributed by atoms with Crippen LogP contribution in [0.5, 0.6) is 0 Å². The fourth-order valence-corrected chi connectivity index (χ4v) is 3.55. The van der Waals surface area contributed by atoms with Crippen LogP contribution in [0.3, 0.4) is 0 Å². The van der Waals surface area contributed by atoms with Crippen LogP contribution in [0.15, 0.2) is 30.3 Å². The van der Waals surface area contributed by atoms with Crippen molar-refractivity contribution in [2.75, 3.05) is 42.5 Å². The van der Waals surface area contributed by atoms with Crippen LogP contribution in [-0.4, -0.2) is 53.4 Å². The van der Waals surface area contributed by atoms with Gasteiger partial charge in [0.05, 0.1) is 0 Å². The van der Waals surface area contributed by atoms with Gasteiger partial charge in [0.25, 0.3) is 0 Å². The molecule has 2 aromatic rings. The van der Waals surface area contributed by atoms with Gasteiger partial charge >= 0.3 is 0 Å². The lowest BCUT2D eigenvalue weighted by atomic mass is 10.1. The first kappa shape index (κ1) is 15.0. The van der Waals surface area contributed by atoms with Gasteiger partial charge in [-0.25, -0.2) is 0 Å². The van der Waals surface area contributed by atoms with Crippen molar-refractivity contribution >= 4 is 17.5 Å². The van der Waals surface area contributed by atoms with Gasteiger partial charge in [0.15, 0.2) is 0 Å². The first-order valence-electron chi connectivity index (χ1n) is 8.43. The number of rotatable bonds is 3. The molecule has 0 spiro atoms. The number of para-hydroxylation sites is 1. The molecule has 1 aromatic heterocycles. The summed E-state index contributed by atoms with van der Waals surface area (Å²) in [5, 5.41) is 11.6. The van der Waals surface area contributed by atoms with Crippen molar-refractivity contribution in [2.45, 2.75) is 12.3 Å². The maximum Gasteiger partial charge on any atom is 0.227 e. The molecular formula is C17H22N6O. The Morgan fingerprint density at radius 1 is 1.04 bits per heavy atom. The zero-order valence-corrected chi connectivity index (χ0v) is 13.9. The molecule has 0 radical (unpaired) electrons. The number of hydrogen-bond donors (Lipinski definition) is 1. The number of carbonyl (C=O) groups is 1. The topological polar surface area (TPSA) is 66.3 Å². The zero-order chi connectivity index (χ0) is 16.5. The number of anilines is 2. The molecule has 2 aliphatic heterocycles. The van der Waals surface area contributed by atoms with Crippen molar-refractivity contribution < 1.29 is 4.79 Å². The first-order chi connectivity index (χ1) is 11.7. The predicted molar refractivity (Wildman–Crippen MR) is 92.2 cm³/mol. The third kappa shape index (κ3) is 2.70. The molecule has 0 aliphatic carbocycles. The molecule has 1 atom stereocenters. The van der Waals surface area contributed by atoms with E-state index in [1.807, 2.05) is 17.7 Å². The summed E-state index contributed by atoms with van der Waals surface area (Å²) in [4.78, 5) is 16.1. The second kappa shape index (κ2) is 6.14. The molecule has 24 heavy (non-hydrogen) atoms. The molecule has 1 amide bonds. The van der Waals surface area contributed by atoms with E-state index in [1.165, 1.54) is 5.69 Å². The van der Waals surface area contributed by atoms with Crippen molar-refractivity contribution in [1.82, 2.24) is 20.1 Å². The molecule has 3 heterocycles. The summed E-state index contributed by atoms with van der Waals surface area (Å²) in [6.07, 6.45) is 0.508. The number of nitrogens with one attached hydrogen (secondary N) is 1. The summed E-state index contributed by atoms with van der Waals surface area (Å²) < 4.78 is 2.04. The second-order valence-corrected chi connectivity index (χ2v) is 6.43. The molecule has 2 aliphatic rings. The first-order valence-corrected chi connectivity index (χ1v) is 8.43. The van der Waals surface area contributed by atoms with Crippen LogP contribution in [-0.2, 0) is 11.8 Å². The number of nitrogens with zero attached hydrogens (tertiary/aromatic N) is 5. The highest BCUT2D eigenvalue weighted by Gasteiger charge is 2.29.